The number of thioether (sulfide) groups is 1. The van der Waals surface area contributed by atoms with Gasteiger partial charge in [-0.3, -0.25) is 4.79 Å². The molecule has 0 amide bonds. The summed E-state index contributed by atoms with van der Waals surface area (Å²) in [5.74, 6) is -0.259. The van der Waals surface area contributed by atoms with Crippen LogP contribution in [0.5, 0.6) is 0 Å². The van der Waals surface area contributed by atoms with E-state index >= 15 is 0 Å². The lowest BCUT2D eigenvalue weighted by Gasteiger charge is -2.00. The predicted molar refractivity (Wildman–Crippen MR) is 82.2 cm³/mol. The topological polar surface area (TPSA) is 54.4 Å². The van der Waals surface area contributed by atoms with Crippen LogP contribution >= 0.6 is 11.8 Å². The van der Waals surface area contributed by atoms with E-state index in [9.17, 15) is 9.59 Å². The second-order valence-corrected chi connectivity index (χ2v) is 4.95. The maximum atomic E-state index is 10.8. The molecule has 0 saturated carbocycles. The lowest BCUT2D eigenvalue weighted by Crippen LogP contribution is -1.95. The minimum absolute atomic E-state index is 0.278. The van der Waals surface area contributed by atoms with Crippen molar-refractivity contribution < 1.29 is 14.7 Å². The van der Waals surface area contributed by atoms with Crippen molar-refractivity contribution in [3.63, 3.8) is 0 Å². The first kappa shape index (κ1) is 16.0. The van der Waals surface area contributed by atoms with Crippen molar-refractivity contribution in [3.05, 3.63) is 65.8 Å². The largest absolute Gasteiger partial charge is 0.478 e. The highest BCUT2D eigenvalue weighted by molar-refractivity contribution is 7.99. The van der Waals surface area contributed by atoms with E-state index in [1.807, 2.05) is 25.1 Å². The molecule has 0 spiro atoms. The fourth-order valence-electron chi connectivity index (χ4n) is 1.39. The van der Waals surface area contributed by atoms with Crippen LogP contribution in [0.3, 0.4) is 0 Å². The van der Waals surface area contributed by atoms with Gasteiger partial charge in [-0.15, -0.1) is 11.8 Å². The van der Waals surface area contributed by atoms with Crippen molar-refractivity contribution in [3.8, 4) is 0 Å². The third-order valence-electron chi connectivity index (χ3n) is 2.35. The van der Waals surface area contributed by atoms with Crippen molar-refractivity contribution >= 4 is 24.0 Å². The molecule has 1 aromatic rings. The first-order chi connectivity index (χ1) is 9.67. The Morgan fingerprint density at radius 2 is 2.20 bits per heavy atom. The summed E-state index contributed by atoms with van der Waals surface area (Å²) in [7, 11) is 0. The van der Waals surface area contributed by atoms with Gasteiger partial charge in [0.05, 0.1) is 5.56 Å². The molecule has 1 rings (SSSR count). The molecule has 3 nitrogen and oxygen atoms in total. The molecule has 0 fully saturated rings. The molecule has 0 bridgehead atoms. The van der Waals surface area contributed by atoms with Gasteiger partial charge in [0.15, 0.2) is 0 Å². The average molecular weight is 288 g/mol. The van der Waals surface area contributed by atoms with E-state index in [2.05, 4.69) is 0 Å². The van der Waals surface area contributed by atoms with Gasteiger partial charge < -0.3 is 5.11 Å². The summed E-state index contributed by atoms with van der Waals surface area (Å²) < 4.78 is 0. The Bertz CT molecular complexity index is 557. The number of carbonyl (C=O) groups is 2. The minimum atomic E-state index is -0.930. The molecule has 104 valence electrons. The van der Waals surface area contributed by atoms with Crippen LogP contribution in [0, 0.1) is 0 Å². The predicted octanol–water partition coefficient (Wildman–Crippen LogP) is 3.73. The third kappa shape index (κ3) is 5.71. The first-order valence-electron chi connectivity index (χ1n) is 6.08. The number of carbonyl (C=O) groups excluding carboxylic acids is 1. The van der Waals surface area contributed by atoms with Gasteiger partial charge in [0.2, 0.25) is 0 Å². The highest BCUT2D eigenvalue weighted by Gasteiger charge is 2.02. The van der Waals surface area contributed by atoms with E-state index in [1.54, 1.807) is 36.4 Å². The van der Waals surface area contributed by atoms with E-state index in [-0.39, 0.29) is 5.56 Å². The number of carboxylic acids is 1. The maximum absolute atomic E-state index is 10.8. The fraction of sp³-hybridized carbons (Fsp3) is 0.125. The molecule has 20 heavy (non-hydrogen) atoms. The molecule has 0 radical (unpaired) electrons. The van der Waals surface area contributed by atoms with Gasteiger partial charge in [0.25, 0.3) is 0 Å². The Morgan fingerprint density at radius 1 is 1.40 bits per heavy atom. The van der Waals surface area contributed by atoms with E-state index in [0.717, 1.165) is 11.2 Å². The molecule has 0 heterocycles. The molecule has 1 N–H and O–H groups in total. The summed E-state index contributed by atoms with van der Waals surface area (Å²) >= 11 is 1.52. The highest BCUT2D eigenvalue weighted by atomic mass is 32.2. The number of hydrogen-bond acceptors (Lipinski definition) is 3. The van der Waals surface area contributed by atoms with Gasteiger partial charge in [-0.25, -0.2) is 4.79 Å². The lowest BCUT2D eigenvalue weighted by atomic mass is 10.2. The van der Waals surface area contributed by atoms with Crippen LogP contribution in [-0.4, -0.2) is 23.1 Å². The number of carboxylic acid groups (broad SMARTS) is 1. The van der Waals surface area contributed by atoms with Gasteiger partial charge in [-0.2, -0.15) is 0 Å². The molecular weight excluding hydrogens is 272 g/mol. The minimum Gasteiger partial charge on any atom is -0.478 e. The molecule has 1 aromatic carbocycles. The standard InChI is InChI=1S/C16H16O3S/c1-2-3-6-13(12-17)7-5-10-20-15-9-4-8-14(11-15)16(18)19/h2-9,11-12H,10H2,1H3,(H,18,19)/b3-2-,7-5+,13-6+. The van der Waals surface area contributed by atoms with Crippen molar-refractivity contribution in [2.45, 2.75) is 11.8 Å². The second-order valence-electron chi connectivity index (χ2n) is 3.86. The Morgan fingerprint density at radius 3 is 2.85 bits per heavy atom. The molecule has 0 aromatic heterocycles. The first-order valence-corrected chi connectivity index (χ1v) is 7.06. The van der Waals surface area contributed by atoms with Crippen LogP contribution in [0.1, 0.15) is 17.3 Å². The van der Waals surface area contributed by atoms with Crippen molar-refractivity contribution in [1.29, 1.82) is 0 Å². The zero-order valence-corrected chi connectivity index (χ0v) is 12.0. The van der Waals surface area contributed by atoms with Crippen molar-refractivity contribution in [1.82, 2.24) is 0 Å². The number of aldehydes is 1. The van der Waals surface area contributed by atoms with E-state index in [1.165, 1.54) is 11.8 Å². The SMILES string of the molecule is C\C=C/C=C(C=O)\C=C\CSc1cccc(C(=O)O)c1. The summed E-state index contributed by atoms with van der Waals surface area (Å²) in [5, 5.41) is 8.89. The van der Waals surface area contributed by atoms with Crippen molar-refractivity contribution in [2.75, 3.05) is 5.75 Å². The Kier molecular flexibility index (Phi) is 7.14. The zero-order chi connectivity index (χ0) is 14.8. The van der Waals surface area contributed by atoms with Gasteiger partial charge in [0.1, 0.15) is 6.29 Å². The smallest absolute Gasteiger partial charge is 0.335 e. The Hall–Kier alpha value is -2.07. The van der Waals surface area contributed by atoms with E-state index < -0.39 is 5.97 Å². The lowest BCUT2D eigenvalue weighted by molar-refractivity contribution is -0.104. The molecular formula is C16H16O3S. The zero-order valence-electron chi connectivity index (χ0n) is 11.2. The van der Waals surface area contributed by atoms with E-state index in [0.29, 0.717) is 11.3 Å². The van der Waals surface area contributed by atoms with E-state index in [4.69, 9.17) is 5.11 Å². The van der Waals surface area contributed by atoms with Crippen LogP contribution in [-0.2, 0) is 4.79 Å². The summed E-state index contributed by atoms with van der Waals surface area (Å²) in [6.45, 7) is 1.88. The van der Waals surface area contributed by atoms with Gasteiger partial charge in [0, 0.05) is 16.2 Å². The Balaban J connectivity index is 2.57. The molecule has 0 unspecified atom stereocenters. The fourth-order valence-corrected chi connectivity index (χ4v) is 2.16. The van der Waals surface area contributed by atoms with Crippen LogP contribution < -0.4 is 0 Å². The second kappa shape index (κ2) is 8.93. The van der Waals surface area contributed by atoms with Crippen LogP contribution in [0.25, 0.3) is 0 Å². The molecule has 0 saturated heterocycles. The quantitative estimate of drug-likeness (QED) is 0.359. The Labute approximate surface area is 122 Å². The highest BCUT2D eigenvalue weighted by Crippen LogP contribution is 2.19. The number of hydrogen-bond donors (Lipinski definition) is 1. The summed E-state index contributed by atoms with van der Waals surface area (Å²) in [5.41, 5.74) is 0.878. The number of benzene rings is 1. The third-order valence-corrected chi connectivity index (χ3v) is 3.30. The van der Waals surface area contributed by atoms with Gasteiger partial charge in [-0.05, 0) is 25.1 Å². The summed E-state index contributed by atoms with van der Waals surface area (Å²) in [6.07, 6.45) is 9.81. The average Bonchev–Trinajstić information content (AvgIpc) is 2.47. The van der Waals surface area contributed by atoms with Gasteiger partial charge >= 0.3 is 5.97 Å². The monoisotopic (exact) mass is 288 g/mol. The molecule has 4 heteroatoms. The number of aromatic carboxylic acids is 1. The van der Waals surface area contributed by atoms with Crippen molar-refractivity contribution in [2.24, 2.45) is 0 Å². The van der Waals surface area contributed by atoms with Crippen LogP contribution in [0.2, 0.25) is 0 Å². The van der Waals surface area contributed by atoms with Crippen LogP contribution in [0.15, 0.2) is 65.1 Å². The molecule has 0 aliphatic rings. The van der Waals surface area contributed by atoms with Crippen LogP contribution in [0.4, 0.5) is 0 Å². The molecule has 0 aliphatic carbocycles. The normalized spacial score (nSPS) is 12.2. The summed E-state index contributed by atoms with van der Waals surface area (Å²) in [6, 6.07) is 6.78. The number of rotatable bonds is 7. The molecule has 0 aliphatic heterocycles. The summed E-state index contributed by atoms with van der Waals surface area (Å²) in [4.78, 5) is 22.5. The molecule has 0 atom stereocenters. The maximum Gasteiger partial charge on any atom is 0.335 e. The van der Waals surface area contributed by atoms with Gasteiger partial charge in [-0.1, -0.05) is 36.4 Å². The number of allylic oxidation sites excluding steroid dienone is 5.